The number of carbonyl (C=O) groups excluding carboxylic acids is 2. The first-order chi connectivity index (χ1) is 11.1. The number of halogens is 1. The molecule has 120 valence electrons. The molecule has 2 rings (SSSR count). The van der Waals surface area contributed by atoms with E-state index >= 15 is 0 Å². The average molecular weight is 333 g/mol. The second kappa shape index (κ2) is 8.31. The van der Waals surface area contributed by atoms with Gasteiger partial charge in [0.15, 0.2) is 0 Å². The highest BCUT2D eigenvalue weighted by molar-refractivity contribution is 6.41. The standard InChI is InChI=1S/C17H17ClN2O3/c18-14-8-4-5-9-15(14)19-16(22)17(23)20(10-11-21)12-13-6-2-1-3-7-13/h1-9,21H,10-12H2,(H,19,22). The van der Waals surface area contributed by atoms with Crippen LogP contribution < -0.4 is 5.32 Å². The number of aliphatic hydroxyl groups is 1. The van der Waals surface area contributed by atoms with Crippen molar-refractivity contribution in [2.24, 2.45) is 0 Å². The number of amides is 2. The minimum Gasteiger partial charge on any atom is -0.395 e. The maximum atomic E-state index is 12.3. The lowest BCUT2D eigenvalue weighted by Crippen LogP contribution is -2.40. The second-order valence-electron chi connectivity index (χ2n) is 4.87. The van der Waals surface area contributed by atoms with Crippen molar-refractivity contribution in [1.82, 2.24) is 4.90 Å². The first kappa shape index (κ1) is 17.0. The van der Waals surface area contributed by atoms with E-state index < -0.39 is 11.8 Å². The Morgan fingerprint density at radius 1 is 1.04 bits per heavy atom. The highest BCUT2D eigenvalue weighted by Gasteiger charge is 2.22. The van der Waals surface area contributed by atoms with Gasteiger partial charge >= 0.3 is 11.8 Å². The van der Waals surface area contributed by atoms with Crippen LogP contribution in [0, 0.1) is 0 Å². The molecular formula is C17H17ClN2O3. The van der Waals surface area contributed by atoms with Gasteiger partial charge in [-0.05, 0) is 17.7 Å². The third kappa shape index (κ3) is 4.81. The minimum atomic E-state index is -0.789. The highest BCUT2D eigenvalue weighted by Crippen LogP contribution is 2.20. The quantitative estimate of drug-likeness (QED) is 0.825. The fraction of sp³-hybridized carbons (Fsp3) is 0.176. The van der Waals surface area contributed by atoms with E-state index in [0.717, 1.165) is 5.56 Å². The predicted molar refractivity (Wildman–Crippen MR) is 89.0 cm³/mol. The summed E-state index contributed by atoms with van der Waals surface area (Å²) in [7, 11) is 0. The van der Waals surface area contributed by atoms with Gasteiger partial charge in [0, 0.05) is 13.1 Å². The van der Waals surface area contributed by atoms with Crippen LogP contribution in [-0.4, -0.2) is 35.0 Å². The van der Waals surface area contributed by atoms with Crippen LogP contribution in [0.1, 0.15) is 5.56 Å². The topological polar surface area (TPSA) is 69.6 Å². The Bertz CT molecular complexity index is 677. The Kier molecular flexibility index (Phi) is 6.14. The van der Waals surface area contributed by atoms with Crippen LogP contribution in [0.2, 0.25) is 5.02 Å². The number of nitrogens with zero attached hydrogens (tertiary/aromatic N) is 1. The number of para-hydroxylation sites is 1. The number of hydrogen-bond donors (Lipinski definition) is 2. The summed E-state index contributed by atoms with van der Waals surface area (Å²) in [6, 6.07) is 15.9. The molecule has 0 radical (unpaired) electrons. The number of rotatable bonds is 5. The van der Waals surface area contributed by atoms with Gasteiger partial charge in [0.2, 0.25) is 0 Å². The molecule has 2 amide bonds. The zero-order valence-electron chi connectivity index (χ0n) is 12.4. The molecule has 0 fully saturated rings. The van der Waals surface area contributed by atoms with Crippen molar-refractivity contribution < 1.29 is 14.7 Å². The normalized spacial score (nSPS) is 10.2. The molecule has 2 aromatic rings. The van der Waals surface area contributed by atoms with Gasteiger partial charge in [-0.15, -0.1) is 0 Å². The Morgan fingerprint density at radius 2 is 1.70 bits per heavy atom. The molecule has 0 aliphatic heterocycles. The molecule has 0 heterocycles. The van der Waals surface area contributed by atoms with Gasteiger partial charge in [0.1, 0.15) is 0 Å². The van der Waals surface area contributed by atoms with Crippen LogP contribution in [0.3, 0.4) is 0 Å². The molecule has 23 heavy (non-hydrogen) atoms. The summed E-state index contributed by atoms with van der Waals surface area (Å²) in [4.78, 5) is 25.7. The van der Waals surface area contributed by atoms with E-state index in [1.165, 1.54) is 4.90 Å². The molecule has 2 aromatic carbocycles. The fourth-order valence-electron chi connectivity index (χ4n) is 2.06. The summed E-state index contributed by atoms with van der Waals surface area (Å²) in [5, 5.41) is 12.0. The van der Waals surface area contributed by atoms with E-state index in [9.17, 15) is 9.59 Å². The van der Waals surface area contributed by atoms with Gasteiger partial charge in [-0.1, -0.05) is 54.1 Å². The van der Waals surface area contributed by atoms with Crippen LogP contribution in [0.4, 0.5) is 5.69 Å². The van der Waals surface area contributed by atoms with Gasteiger partial charge in [0.05, 0.1) is 17.3 Å². The Labute approximate surface area is 139 Å². The number of nitrogens with one attached hydrogen (secondary N) is 1. The minimum absolute atomic E-state index is 0.0731. The molecule has 0 unspecified atom stereocenters. The van der Waals surface area contributed by atoms with Gasteiger partial charge in [0.25, 0.3) is 0 Å². The average Bonchev–Trinajstić information content (AvgIpc) is 2.57. The van der Waals surface area contributed by atoms with Gasteiger partial charge < -0.3 is 15.3 Å². The molecule has 5 nitrogen and oxygen atoms in total. The van der Waals surface area contributed by atoms with E-state index in [2.05, 4.69) is 5.32 Å². The third-order valence-electron chi connectivity index (χ3n) is 3.19. The SMILES string of the molecule is O=C(Nc1ccccc1Cl)C(=O)N(CCO)Cc1ccccc1. The predicted octanol–water partition coefficient (Wildman–Crippen LogP) is 2.30. The van der Waals surface area contributed by atoms with Crippen LogP contribution in [0.5, 0.6) is 0 Å². The second-order valence-corrected chi connectivity index (χ2v) is 5.28. The molecule has 0 aliphatic carbocycles. The molecule has 0 aromatic heterocycles. The van der Waals surface area contributed by atoms with E-state index in [1.807, 2.05) is 30.3 Å². The van der Waals surface area contributed by atoms with Crippen molar-refractivity contribution in [3.63, 3.8) is 0 Å². The van der Waals surface area contributed by atoms with E-state index in [1.54, 1.807) is 24.3 Å². The zero-order chi connectivity index (χ0) is 16.7. The van der Waals surface area contributed by atoms with Crippen molar-refractivity contribution in [2.45, 2.75) is 6.54 Å². The summed E-state index contributed by atoms with van der Waals surface area (Å²) in [6.45, 7) is 0.0950. The highest BCUT2D eigenvalue weighted by atomic mass is 35.5. The van der Waals surface area contributed by atoms with Crippen molar-refractivity contribution in [1.29, 1.82) is 0 Å². The van der Waals surface area contributed by atoms with Crippen LogP contribution in [0.15, 0.2) is 54.6 Å². The Hall–Kier alpha value is -2.37. The lowest BCUT2D eigenvalue weighted by molar-refractivity contribution is -0.143. The molecule has 0 saturated heterocycles. The van der Waals surface area contributed by atoms with Crippen LogP contribution in [0.25, 0.3) is 0 Å². The molecule has 0 spiro atoms. The number of carbonyl (C=O) groups is 2. The van der Waals surface area contributed by atoms with E-state index in [0.29, 0.717) is 10.7 Å². The molecule has 0 saturated carbocycles. The van der Waals surface area contributed by atoms with Crippen molar-refractivity contribution >= 4 is 29.1 Å². The maximum Gasteiger partial charge on any atom is 0.313 e. The fourth-order valence-corrected chi connectivity index (χ4v) is 2.24. The van der Waals surface area contributed by atoms with Crippen LogP contribution >= 0.6 is 11.6 Å². The number of aliphatic hydroxyl groups excluding tert-OH is 1. The first-order valence-electron chi connectivity index (χ1n) is 7.11. The maximum absolute atomic E-state index is 12.3. The first-order valence-corrected chi connectivity index (χ1v) is 7.49. The van der Waals surface area contributed by atoms with Gasteiger partial charge in [-0.3, -0.25) is 9.59 Å². The third-order valence-corrected chi connectivity index (χ3v) is 3.52. The largest absolute Gasteiger partial charge is 0.395 e. The zero-order valence-corrected chi connectivity index (χ0v) is 13.2. The summed E-state index contributed by atoms with van der Waals surface area (Å²) in [5.74, 6) is -1.51. The molecule has 2 N–H and O–H groups in total. The summed E-state index contributed by atoms with van der Waals surface area (Å²) < 4.78 is 0. The molecule has 6 heteroatoms. The molecular weight excluding hydrogens is 316 g/mol. The van der Waals surface area contributed by atoms with E-state index in [4.69, 9.17) is 16.7 Å². The van der Waals surface area contributed by atoms with Crippen LogP contribution in [-0.2, 0) is 16.1 Å². The molecule has 0 atom stereocenters. The lowest BCUT2D eigenvalue weighted by atomic mass is 10.2. The van der Waals surface area contributed by atoms with E-state index in [-0.39, 0.29) is 19.7 Å². The number of benzene rings is 2. The Morgan fingerprint density at radius 3 is 2.35 bits per heavy atom. The molecule has 0 aliphatic rings. The monoisotopic (exact) mass is 332 g/mol. The lowest BCUT2D eigenvalue weighted by Gasteiger charge is -2.21. The smallest absolute Gasteiger partial charge is 0.313 e. The van der Waals surface area contributed by atoms with Gasteiger partial charge in [-0.2, -0.15) is 0 Å². The Balaban J connectivity index is 2.08. The molecule has 0 bridgehead atoms. The number of hydrogen-bond acceptors (Lipinski definition) is 3. The van der Waals surface area contributed by atoms with Crippen molar-refractivity contribution in [2.75, 3.05) is 18.5 Å². The number of anilines is 1. The summed E-state index contributed by atoms with van der Waals surface area (Å²) in [6.07, 6.45) is 0. The summed E-state index contributed by atoms with van der Waals surface area (Å²) >= 11 is 5.96. The summed E-state index contributed by atoms with van der Waals surface area (Å²) in [5.41, 5.74) is 1.25. The van der Waals surface area contributed by atoms with Crippen molar-refractivity contribution in [3.05, 3.63) is 65.2 Å². The van der Waals surface area contributed by atoms with Crippen molar-refractivity contribution in [3.8, 4) is 0 Å². The van der Waals surface area contributed by atoms with Gasteiger partial charge in [-0.25, -0.2) is 0 Å².